The lowest BCUT2D eigenvalue weighted by Crippen LogP contribution is -2.41. The van der Waals surface area contributed by atoms with Crippen molar-refractivity contribution in [3.05, 3.63) is 423 Å². The Kier molecular flexibility index (Phi) is 31.0. The lowest BCUT2D eigenvalue weighted by Gasteiger charge is -2.32. The Labute approximate surface area is 799 Å². The molecule has 1 atom stereocenters. The highest BCUT2D eigenvalue weighted by Crippen LogP contribution is 2.70. The van der Waals surface area contributed by atoms with Crippen LogP contribution in [0.3, 0.4) is 0 Å². The highest BCUT2D eigenvalue weighted by Gasteiger charge is 2.59. The zero-order valence-electron chi connectivity index (χ0n) is 72.6. The third-order valence-electron chi connectivity index (χ3n) is 23.3. The molecule has 0 spiro atoms. The Morgan fingerprint density at radius 2 is 0.757 bits per heavy atom. The Bertz CT molecular complexity index is 7440. The number of methoxy groups -OCH3 is 1. The fourth-order valence-electron chi connectivity index (χ4n) is 17.1. The molecule has 19 rings (SSSR count). The first-order valence-electron chi connectivity index (χ1n) is 42.9. The van der Waals surface area contributed by atoms with E-state index >= 15 is 0 Å². The summed E-state index contributed by atoms with van der Waals surface area (Å²) >= 11 is 31.6. The summed E-state index contributed by atoms with van der Waals surface area (Å²) in [6.07, 6.45) is 4.22. The van der Waals surface area contributed by atoms with Crippen molar-refractivity contribution in [1.29, 1.82) is 5.26 Å². The monoisotopic (exact) mass is 1950 g/mol. The topological polar surface area (TPSA) is 329 Å². The first-order chi connectivity index (χ1) is 65.7. The van der Waals surface area contributed by atoms with Crippen molar-refractivity contribution in [3.8, 4) is 6.07 Å². The number of ether oxygens (including phenoxy) is 3. The van der Waals surface area contributed by atoms with Crippen LogP contribution in [0.2, 0.25) is 25.1 Å². The normalized spacial score (nSPS) is 13.7. The predicted molar refractivity (Wildman–Crippen MR) is 519 cm³/mol. The van der Waals surface area contributed by atoms with Crippen LogP contribution in [0, 0.1) is 34.6 Å². The number of H-pyrrole nitrogens is 4. The summed E-state index contributed by atoms with van der Waals surface area (Å²) in [5, 5.41) is 53.1. The van der Waals surface area contributed by atoms with Crippen LogP contribution in [-0.2, 0) is 39.9 Å². The van der Waals surface area contributed by atoms with Gasteiger partial charge in [0.05, 0.1) is 110 Å². The van der Waals surface area contributed by atoms with E-state index in [-0.39, 0.29) is 89.0 Å². The van der Waals surface area contributed by atoms with Crippen molar-refractivity contribution >= 4 is 148 Å². The van der Waals surface area contributed by atoms with E-state index < -0.39 is 42.3 Å². The summed E-state index contributed by atoms with van der Waals surface area (Å²) in [7, 11) is -0.757. The molecule has 0 aliphatic carbocycles. The van der Waals surface area contributed by atoms with E-state index in [0.717, 1.165) is 59.3 Å². The number of halogens is 9. The lowest BCUT2D eigenvalue weighted by atomic mass is 10.0. The Balaban J connectivity index is 0.000000130. The van der Waals surface area contributed by atoms with Crippen LogP contribution in [0.1, 0.15) is 136 Å². The second kappa shape index (κ2) is 43.6. The van der Waals surface area contributed by atoms with Gasteiger partial charge in [0.1, 0.15) is 39.2 Å². The number of cyclic esters (lactones) is 1. The maximum Gasteiger partial charge on any atom is 0.342 e. The smallest absolute Gasteiger partial charge is 0.342 e. The summed E-state index contributed by atoms with van der Waals surface area (Å²) < 4.78 is 73.0. The van der Waals surface area contributed by atoms with Gasteiger partial charge in [-0.15, -0.1) is 0 Å². The molecular weight excluding hydrogens is 1870 g/mol. The molecule has 23 nitrogen and oxygen atoms in total. The Morgan fingerprint density at radius 3 is 1.10 bits per heavy atom. The van der Waals surface area contributed by atoms with E-state index in [0.29, 0.717) is 163 Å². The van der Waals surface area contributed by atoms with E-state index in [1.54, 1.807) is 120 Å². The van der Waals surface area contributed by atoms with Gasteiger partial charge in [0, 0.05) is 98.3 Å². The number of hydrogen-bond acceptors (Lipinski definition) is 16. The molecule has 0 bridgehead atoms. The Hall–Kier alpha value is -13.9. The van der Waals surface area contributed by atoms with Gasteiger partial charge in [0.2, 0.25) is 0 Å². The van der Waals surface area contributed by atoms with Gasteiger partial charge in [-0.05, 0) is 225 Å². The average Bonchev–Trinajstić information content (AvgIpc) is 1.49. The number of aromatic amines is 4. The number of amides is 2. The highest BCUT2D eigenvalue weighted by atomic mass is 35.5. The summed E-state index contributed by atoms with van der Waals surface area (Å²) in [5.74, 6) is -4.56. The molecule has 2 fully saturated rings. The molecule has 16 aromatic rings. The molecule has 7 heterocycles. The third kappa shape index (κ3) is 21.9. The molecule has 0 saturated carbocycles. The minimum absolute atomic E-state index is 0.134. The number of likely N-dealkylation sites (tertiary alicyclic amines) is 2. The second-order valence-corrected chi connectivity index (χ2v) is 37.5. The number of carboxylic acid groups (broad SMARTS) is 1. The van der Waals surface area contributed by atoms with Crippen molar-refractivity contribution < 1.29 is 56.1 Å². The van der Waals surface area contributed by atoms with Crippen LogP contribution in [-0.4, -0.2) is 132 Å². The number of nitriles is 1. The average molecular weight is 1950 g/mol. The molecule has 0 radical (unpaired) electrons. The van der Waals surface area contributed by atoms with Crippen molar-refractivity contribution in [1.82, 2.24) is 50.6 Å². The lowest BCUT2D eigenvalue weighted by molar-refractivity contribution is 0.0145. The molecule has 33 heteroatoms. The van der Waals surface area contributed by atoms with Gasteiger partial charge < -0.3 is 29.1 Å². The molecule has 688 valence electrons. The number of hydrogen-bond donors (Lipinski definition) is 5. The fourth-order valence-corrected chi connectivity index (χ4v) is 23.2. The van der Waals surface area contributed by atoms with E-state index in [4.69, 9.17) is 82.6 Å². The van der Waals surface area contributed by atoms with Crippen LogP contribution in [0.15, 0.2) is 274 Å². The quantitative estimate of drug-likeness (QED) is 0.0303. The highest BCUT2D eigenvalue weighted by molar-refractivity contribution is 7.95. The molecule has 12 aromatic carbocycles. The van der Waals surface area contributed by atoms with Crippen molar-refractivity contribution in [2.75, 3.05) is 39.9 Å². The van der Waals surface area contributed by atoms with Crippen molar-refractivity contribution in [2.45, 2.75) is 76.3 Å². The number of nitrogens with zero attached hydrogens (tertiary/aromatic N) is 7. The standard InChI is InChI=1S/C26H19ClO2P.C23H23ClFN3O3.C22H21ClFN3O3.C16H9ClFN3O.C16H10ClFN2O3/c27-23-18-10-17-22-24(23)26(29-25(22)28)30(19-11-4-1-5-12-19,20-13-6-2-7-14-20)21-15-8-3-9-16-21;1-2-31-17-6-8-28(9-7-17)23(30)15-10-14(11-16(25)13-15)12-20-21-18(22(29)27-26-20)4-3-5-19(21)24;1-30-16-5-7-27(8-6-16)22(29)14-9-13(10-15(24)12-14)11-19-20-17(21(28)26-25-19)3-2-4-18(20)23;17-13-3-1-2-12-15(13)14(20-21-16(12)22)7-9-4-10(8-19)6-11(18)5-9;17-12-3-1-2-11-14(12)13(19-20-15(11)21)6-8-4-9(16(22)23)7-10(18)5-8/h1-18,26H;3-5,10-11,13,17H,2,6-9,12H2,1H3,(H,27,29);2-4,9-10,12,16H,5-8,11H2,1H3,(H,26,28);1-6H,7H2,(H,21,22);1-5,7H,6H2,(H,20,21)(H,22,23)/q+1;;;;. The van der Waals surface area contributed by atoms with E-state index in [1.807, 2.05) is 73.7 Å². The van der Waals surface area contributed by atoms with Crippen molar-refractivity contribution in [2.24, 2.45) is 0 Å². The number of aromatic nitrogens is 8. The molecule has 3 aliphatic rings. The molecular formula is C103H82Cl5F4N11O12P+. The zero-order valence-corrected chi connectivity index (χ0v) is 77.3. The number of rotatable bonds is 18. The molecule has 2 saturated heterocycles. The van der Waals surface area contributed by atoms with Crippen LogP contribution in [0.25, 0.3) is 43.1 Å². The number of fused-ring (bicyclic) bond motifs is 5. The molecule has 5 N–H and O–H groups in total. The van der Waals surface area contributed by atoms with Crippen LogP contribution < -0.4 is 38.2 Å². The predicted octanol–water partition coefficient (Wildman–Crippen LogP) is 19.2. The first-order valence-corrected chi connectivity index (χ1v) is 46.7. The largest absolute Gasteiger partial charge is 0.478 e. The number of nitrogens with one attached hydrogen (secondary N) is 4. The maximum absolute atomic E-state index is 14.4. The maximum atomic E-state index is 14.4. The third-order valence-corrected chi connectivity index (χ3v) is 29.3. The summed E-state index contributed by atoms with van der Waals surface area (Å²) in [5.41, 5.74) is 4.75. The number of carbonyl (C=O) groups excluding carboxylic acids is 3. The SMILES string of the molecule is CCOC1CCN(C(=O)c2cc(F)cc(Cc3n[nH]c(=O)c4cccc(Cl)c34)c2)CC1.COC1CCN(C(=O)c2cc(F)cc(Cc3n[nH]c(=O)c4cccc(Cl)c34)c2)CC1.N#Cc1cc(F)cc(Cc2n[nH]c(=O)c3cccc(Cl)c23)c1.O=C(O)c1cc(F)cc(Cc2n[nH]c(=O)c3cccc(Cl)c23)c1.O=C1OC([P+](c2ccccc2)(c2ccccc2)c2ccccc2)c2c(Cl)cccc21. The van der Waals surface area contributed by atoms with Gasteiger partial charge >= 0.3 is 11.9 Å². The number of esters is 1. The van der Waals surface area contributed by atoms with Crippen LogP contribution >= 0.6 is 65.3 Å². The minimum Gasteiger partial charge on any atom is -0.478 e. The van der Waals surface area contributed by atoms with Gasteiger partial charge in [-0.2, -0.15) is 25.7 Å². The van der Waals surface area contributed by atoms with Gasteiger partial charge in [-0.3, -0.25) is 28.8 Å². The summed E-state index contributed by atoms with van der Waals surface area (Å²) in [6.45, 7) is 4.92. The summed E-state index contributed by atoms with van der Waals surface area (Å²) in [4.78, 5) is 101. The van der Waals surface area contributed by atoms with Crippen molar-refractivity contribution in [3.63, 3.8) is 0 Å². The number of piperidine rings is 2. The second-order valence-electron chi connectivity index (χ2n) is 32.0. The number of carboxylic acids is 1. The molecule has 1 unspecified atom stereocenters. The molecule has 4 aromatic heterocycles. The number of carbonyl (C=O) groups is 4. The zero-order chi connectivity index (χ0) is 96.0. The molecule has 136 heavy (non-hydrogen) atoms. The fraction of sp³-hybridized carbons (Fsp3) is 0.175. The van der Waals surface area contributed by atoms with Gasteiger partial charge in [0.25, 0.3) is 39.9 Å². The Morgan fingerprint density at radius 1 is 0.434 bits per heavy atom. The van der Waals surface area contributed by atoms with Gasteiger partial charge in [-0.1, -0.05) is 143 Å². The molecule has 2 amide bonds. The number of benzene rings is 12. The first kappa shape index (κ1) is 96.7. The van der Waals surface area contributed by atoms with Crippen LogP contribution in [0.5, 0.6) is 0 Å². The van der Waals surface area contributed by atoms with Gasteiger partial charge in [-0.25, -0.2) is 47.5 Å². The van der Waals surface area contributed by atoms with E-state index in [1.165, 1.54) is 42.5 Å². The summed E-state index contributed by atoms with van der Waals surface area (Å²) in [6, 6.07) is 74.6. The van der Waals surface area contributed by atoms with Crippen LogP contribution in [0.4, 0.5) is 17.6 Å². The minimum atomic E-state index is -2.43. The van der Waals surface area contributed by atoms with E-state index in [9.17, 15) is 55.9 Å². The molecule has 3 aliphatic heterocycles. The van der Waals surface area contributed by atoms with E-state index in [2.05, 4.69) is 77.2 Å². The number of aromatic carboxylic acids is 1. The van der Waals surface area contributed by atoms with Gasteiger partial charge in [0.15, 0.2) is 7.26 Å².